The predicted molar refractivity (Wildman–Crippen MR) is 74.9 cm³/mol. The molecule has 0 atom stereocenters. The molecule has 2 N–H and O–H groups in total. The Hall–Kier alpha value is -2.47. The van der Waals surface area contributed by atoms with E-state index in [1.165, 1.54) is 36.5 Å². The smallest absolute Gasteiger partial charge is 0.354 e. The van der Waals surface area contributed by atoms with Gasteiger partial charge in [0.15, 0.2) is 0 Å². The maximum absolute atomic E-state index is 13.6. The summed E-state index contributed by atoms with van der Waals surface area (Å²) in [6.45, 7) is 0. The summed E-state index contributed by atoms with van der Waals surface area (Å²) in [5.74, 6) is -2.29. The molecule has 5 nitrogen and oxygen atoms in total. The van der Waals surface area contributed by atoms with Crippen molar-refractivity contribution in [3.05, 3.63) is 58.6 Å². The maximum atomic E-state index is 13.6. The number of amides is 1. The molecule has 1 heterocycles. The average molecular weight is 309 g/mol. The zero-order chi connectivity index (χ0) is 15.4. The molecular weight excluding hydrogens is 299 g/mol. The number of nitrogens with one attached hydrogen (secondary N) is 1. The largest absolute Gasteiger partial charge is 0.477 e. The van der Waals surface area contributed by atoms with Gasteiger partial charge in [0.05, 0.1) is 6.42 Å². The Morgan fingerprint density at radius 2 is 2.10 bits per heavy atom. The molecule has 108 valence electrons. The molecule has 0 saturated heterocycles. The van der Waals surface area contributed by atoms with E-state index in [2.05, 4.69) is 10.3 Å². The Kier molecular flexibility index (Phi) is 4.49. The van der Waals surface area contributed by atoms with E-state index in [1.54, 1.807) is 0 Å². The number of carboxylic acid groups (broad SMARTS) is 1. The van der Waals surface area contributed by atoms with Crippen molar-refractivity contribution in [1.82, 2.24) is 4.98 Å². The highest BCUT2D eigenvalue weighted by atomic mass is 35.5. The van der Waals surface area contributed by atoms with Gasteiger partial charge in [-0.3, -0.25) is 4.79 Å². The summed E-state index contributed by atoms with van der Waals surface area (Å²) in [5.41, 5.74) is 0.153. The molecule has 1 aromatic carbocycles. The Morgan fingerprint density at radius 1 is 1.33 bits per heavy atom. The highest BCUT2D eigenvalue weighted by Gasteiger charge is 2.13. The fourth-order valence-electron chi connectivity index (χ4n) is 1.69. The van der Waals surface area contributed by atoms with Gasteiger partial charge in [0, 0.05) is 22.5 Å². The number of anilines is 1. The fraction of sp³-hybridized carbons (Fsp3) is 0.0714. The lowest BCUT2D eigenvalue weighted by Gasteiger charge is -2.07. The second-order valence-electron chi connectivity index (χ2n) is 4.16. The van der Waals surface area contributed by atoms with Crippen LogP contribution in [0.1, 0.15) is 16.1 Å². The Labute approximate surface area is 124 Å². The summed E-state index contributed by atoms with van der Waals surface area (Å²) in [5, 5.41) is 11.4. The summed E-state index contributed by atoms with van der Waals surface area (Å²) in [7, 11) is 0. The normalized spacial score (nSPS) is 10.2. The van der Waals surface area contributed by atoms with E-state index < -0.39 is 17.7 Å². The zero-order valence-corrected chi connectivity index (χ0v) is 11.4. The minimum absolute atomic E-state index is 0.0872. The average Bonchev–Trinajstić information content (AvgIpc) is 2.43. The number of hydrogen-bond donors (Lipinski definition) is 2. The van der Waals surface area contributed by atoms with Gasteiger partial charge in [-0.2, -0.15) is 0 Å². The topological polar surface area (TPSA) is 79.3 Å². The predicted octanol–water partition coefficient (Wildman–Crippen LogP) is 2.75. The second kappa shape index (κ2) is 6.32. The lowest BCUT2D eigenvalue weighted by Crippen LogP contribution is -2.16. The number of rotatable bonds is 4. The van der Waals surface area contributed by atoms with E-state index in [9.17, 15) is 14.0 Å². The van der Waals surface area contributed by atoms with Crippen LogP contribution in [0.5, 0.6) is 0 Å². The van der Waals surface area contributed by atoms with Crippen molar-refractivity contribution in [3.8, 4) is 0 Å². The molecule has 1 amide bonds. The number of pyridine rings is 1. The Balaban J connectivity index is 2.12. The van der Waals surface area contributed by atoms with E-state index in [-0.39, 0.29) is 28.4 Å². The highest BCUT2D eigenvalue weighted by Crippen LogP contribution is 2.20. The van der Waals surface area contributed by atoms with Gasteiger partial charge in [-0.05, 0) is 24.3 Å². The molecule has 0 spiro atoms. The molecule has 0 bridgehead atoms. The second-order valence-corrected chi connectivity index (χ2v) is 4.57. The monoisotopic (exact) mass is 308 g/mol. The Bertz CT molecular complexity index is 686. The van der Waals surface area contributed by atoms with Crippen molar-refractivity contribution in [2.45, 2.75) is 6.42 Å². The Morgan fingerprint density at radius 3 is 2.76 bits per heavy atom. The molecule has 0 unspecified atom stereocenters. The lowest BCUT2D eigenvalue weighted by molar-refractivity contribution is -0.115. The van der Waals surface area contributed by atoms with Crippen molar-refractivity contribution >= 4 is 29.2 Å². The molecule has 21 heavy (non-hydrogen) atoms. The van der Waals surface area contributed by atoms with Crippen molar-refractivity contribution in [3.63, 3.8) is 0 Å². The van der Waals surface area contributed by atoms with Gasteiger partial charge in [0.2, 0.25) is 5.91 Å². The lowest BCUT2D eigenvalue weighted by atomic mass is 10.1. The highest BCUT2D eigenvalue weighted by molar-refractivity contribution is 6.31. The summed E-state index contributed by atoms with van der Waals surface area (Å²) in [6, 6.07) is 6.79. The third-order valence-electron chi connectivity index (χ3n) is 2.66. The quantitative estimate of drug-likeness (QED) is 0.910. The van der Waals surface area contributed by atoms with Crippen LogP contribution in [0, 0.1) is 5.82 Å². The molecule has 0 saturated carbocycles. The van der Waals surface area contributed by atoms with Gasteiger partial charge in [0.25, 0.3) is 0 Å². The molecule has 0 radical (unpaired) electrons. The van der Waals surface area contributed by atoms with Crippen LogP contribution in [0.4, 0.5) is 10.1 Å². The first kappa shape index (κ1) is 14.9. The van der Waals surface area contributed by atoms with Gasteiger partial charge in [-0.25, -0.2) is 14.2 Å². The number of halogens is 2. The fourth-order valence-corrected chi connectivity index (χ4v) is 1.92. The van der Waals surface area contributed by atoms with Gasteiger partial charge >= 0.3 is 5.97 Å². The molecule has 1 aromatic heterocycles. The van der Waals surface area contributed by atoms with E-state index in [0.29, 0.717) is 0 Å². The van der Waals surface area contributed by atoms with Crippen LogP contribution in [-0.4, -0.2) is 22.0 Å². The number of carbonyl (C=O) groups excluding carboxylic acids is 1. The van der Waals surface area contributed by atoms with E-state index in [1.807, 2.05) is 0 Å². The van der Waals surface area contributed by atoms with E-state index >= 15 is 0 Å². The third-order valence-corrected chi connectivity index (χ3v) is 3.02. The number of aromatic carboxylic acids is 1. The molecule has 0 aliphatic heterocycles. The maximum Gasteiger partial charge on any atom is 0.354 e. The molecule has 2 rings (SSSR count). The minimum atomic E-state index is -1.21. The van der Waals surface area contributed by atoms with Crippen LogP contribution in [0.25, 0.3) is 0 Å². The number of hydrogen-bond acceptors (Lipinski definition) is 3. The first-order valence-electron chi connectivity index (χ1n) is 5.89. The molecule has 0 aliphatic rings. The number of aromatic nitrogens is 1. The van der Waals surface area contributed by atoms with Crippen molar-refractivity contribution in [1.29, 1.82) is 0 Å². The van der Waals surface area contributed by atoms with E-state index in [0.717, 1.165) is 0 Å². The van der Waals surface area contributed by atoms with Gasteiger partial charge in [0.1, 0.15) is 11.5 Å². The summed E-state index contributed by atoms with van der Waals surface area (Å²) in [6.07, 6.45) is 1.01. The first-order chi connectivity index (χ1) is 9.97. The molecular formula is C14H10ClFN2O3. The van der Waals surface area contributed by atoms with Crippen molar-refractivity contribution < 1.29 is 19.1 Å². The van der Waals surface area contributed by atoms with Crippen LogP contribution < -0.4 is 5.32 Å². The SMILES string of the molecule is O=C(Cc1c(F)cccc1Cl)Nc1ccnc(C(=O)O)c1. The third kappa shape index (κ3) is 3.76. The van der Waals surface area contributed by atoms with Crippen LogP contribution >= 0.6 is 11.6 Å². The number of benzene rings is 1. The van der Waals surface area contributed by atoms with Crippen LogP contribution in [-0.2, 0) is 11.2 Å². The van der Waals surface area contributed by atoms with Crippen LogP contribution in [0.3, 0.4) is 0 Å². The number of carboxylic acids is 1. The molecule has 7 heteroatoms. The molecule has 0 fully saturated rings. The van der Waals surface area contributed by atoms with Crippen molar-refractivity contribution in [2.75, 3.05) is 5.32 Å². The summed E-state index contributed by atoms with van der Waals surface area (Å²) < 4.78 is 13.6. The molecule has 2 aromatic rings. The standard InChI is InChI=1S/C14H10ClFN2O3/c15-10-2-1-3-11(16)9(10)7-13(19)18-8-4-5-17-12(6-8)14(20)21/h1-6H,7H2,(H,20,21)(H,17,18,19). The van der Waals surface area contributed by atoms with Crippen molar-refractivity contribution in [2.24, 2.45) is 0 Å². The van der Waals surface area contributed by atoms with Crippen LogP contribution in [0.2, 0.25) is 5.02 Å². The summed E-state index contributed by atoms with van der Waals surface area (Å²) >= 11 is 5.84. The first-order valence-corrected chi connectivity index (χ1v) is 6.27. The van der Waals surface area contributed by atoms with Gasteiger partial charge < -0.3 is 10.4 Å². The number of carbonyl (C=O) groups is 2. The van der Waals surface area contributed by atoms with Gasteiger partial charge in [-0.15, -0.1) is 0 Å². The minimum Gasteiger partial charge on any atom is -0.477 e. The molecule has 0 aliphatic carbocycles. The van der Waals surface area contributed by atoms with E-state index in [4.69, 9.17) is 16.7 Å². The zero-order valence-electron chi connectivity index (χ0n) is 10.6. The van der Waals surface area contributed by atoms with Crippen LogP contribution in [0.15, 0.2) is 36.5 Å². The van der Waals surface area contributed by atoms with Gasteiger partial charge in [-0.1, -0.05) is 17.7 Å². The summed E-state index contributed by atoms with van der Waals surface area (Å²) in [4.78, 5) is 26.3. The number of nitrogens with zero attached hydrogens (tertiary/aromatic N) is 1.